The summed E-state index contributed by atoms with van der Waals surface area (Å²) in [5.74, 6) is -0.292. The summed E-state index contributed by atoms with van der Waals surface area (Å²) in [6, 6.07) is 5.80. The summed E-state index contributed by atoms with van der Waals surface area (Å²) in [6.45, 7) is 0. The van der Waals surface area contributed by atoms with Gasteiger partial charge >= 0.3 is 22.0 Å². The Balaban J connectivity index is 2.40. The number of aromatic nitrogens is 2. The molecule has 0 fully saturated rings. The number of hydrogen-bond donors (Lipinski definition) is 0. The highest BCUT2D eigenvalue weighted by Crippen LogP contribution is 2.22. The minimum absolute atomic E-state index is 0.270. The van der Waals surface area contributed by atoms with Gasteiger partial charge in [-0.3, -0.25) is 4.52 Å². The molecule has 0 spiro atoms. The molecular weight excluding hydrogens is 302 g/mol. The number of rotatable bonds is 5. The average molecular weight is 315 g/mol. The van der Waals surface area contributed by atoms with Crippen LogP contribution in [0.15, 0.2) is 33.6 Å². The van der Waals surface area contributed by atoms with E-state index in [9.17, 15) is 13.2 Å². The van der Waals surface area contributed by atoms with Gasteiger partial charge in [-0.2, -0.15) is 12.7 Å². The van der Waals surface area contributed by atoms with Gasteiger partial charge in [0.1, 0.15) is 11.5 Å². The van der Waals surface area contributed by atoms with Crippen LogP contribution in [0.4, 0.5) is 0 Å². The van der Waals surface area contributed by atoms with Gasteiger partial charge in [-0.1, -0.05) is 0 Å². The molecule has 9 nitrogen and oxygen atoms in total. The second-order valence-corrected chi connectivity index (χ2v) is 6.05. The molecule has 2 aromatic rings. The van der Waals surface area contributed by atoms with Gasteiger partial charge in [0, 0.05) is 14.1 Å². The molecule has 0 N–H and O–H groups in total. The molecule has 0 aliphatic carbocycles. The van der Waals surface area contributed by atoms with Gasteiger partial charge in [0.05, 0.1) is 7.11 Å². The summed E-state index contributed by atoms with van der Waals surface area (Å²) in [5.41, 5.74) is 0. The lowest BCUT2D eigenvalue weighted by Crippen LogP contribution is -2.34. The van der Waals surface area contributed by atoms with Gasteiger partial charge in [-0.25, -0.2) is 4.79 Å². The van der Waals surface area contributed by atoms with E-state index in [1.807, 2.05) is 0 Å². The number of benzene rings is 1. The molecular formula is C11H13N3O6S. The highest BCUT2D eigenvalue weighted by atomic mass is 32.2. The minimum atomic E-state index is -4.10. The second-order valence-electron chi connectivity index (χ2n) is 4.06. The number of nitrogens with zero attached hydrogens (tertiary/aromatic N) is 3. The molecule has 0 atom stereocenters. The van der Waals surface area contributed by atoms with Gasteiger partial charge in [0.2, 0.25) is 0 Å². The molecule has 0 bridgehead atoms. The Labute approximate surface area is 120 Å². The molecule has 0 aliphatic rings. The highest BCUT2D eigenvalue weighted by molar-refractivity contribution is 7.87. The van der Waals surface area contributed by atoms with Gasteiger partial charge in [-0.15, -0.1) is 3.97 Å². The smallest absolute Gasteiger partial charge is 0.459 e. The van der Waals surface area contributed by atoms with E-state index in [-0.39, 0.29) is 5.75 Å². The van der Waals surface area contributed by atoms with Crippen molar-refractivity contribution in [2.75, 3.05) is 21.2 Å². The monoisotopic (exact) mass is 315 g/mol. The minimum Gasteiger partial charge on any atom is -0.497 e. The van der Waals surface area contributed by atoms with Gasteiger partial charge in [0.25, 0.3) is 0 Å². The zero-order valence-electron chi connectivity index (χ0n) is 11.5. The predicted octanol–water partition coefficient (Wildman–Crippen LogP) is 0.292. The van der Waals surface area contributed by atoms with Gasteiger partial charge in [-0.05, 0) is 29.4 Å². The van der Waals surface area contributed by atoms with Gasteiger partial charge in [0.15, 0.2) is 0 Å². The van der Waals surface area contributed by atoms with E-state index in [2.05, 4.69) is 9.68 Å². The second kappa shape index (κ2) is 5.58. The molecule has 0 aliphatic heterocycles. The van der Waals surface area contributed by atoms with Crippen LogP contribution in [-0.4, -0.2) is 43.1 Å². The topological polar surface area (TPSA) is 104 Å². The van der Waals surface area contributed by atoms with Crippen molar-refractivity contribution in [3.05, 3.63) is 34.8 Å². The van der Waals surface area contributed by atoms with Crippen LogP contribution in [0.5, 0.6) is 17.5 Å². The highest BCUT2D eigenvalue weighted by Gasteiger charge is 2.27. The van der Waals surface area contributed by atoms with Crippen molar-refractivity contribution in [1.29, 1.82) is 0 Å². The lowest BCUT2D eigenvalue weighted by atomic mass is 10.3. The van der Waals surface area contributed by atoms with Crippen LogP contribution in [-0.2, 0) is 10.2 Å². The third kappa shape index (κ3) is 2.90. The van der Waals surface area contributed by atoms with Crippen LogP contribution in [0, 0.1) is 0 Å². The predicted molar refractivity (Wildman–Crippen MR) is 71.8 cm³/mol. The van der Waals surface area contributed by atoms with Crippen LogP contribution in [0.2, 0.25) is 0 Å². The normalized spacial score (nSPS) is 11.6. The number of ether oxygens (including phenoxy) is 2. The Hall–Kier alpha value is -2.33. The van der Waals surface area contributed by atoms with Crippen LogP contribution in [0.3, 0.4) is 0 Å². The van der Waals surface area contributed by atoms with Crippen molar-refractivity contribution in [1.82, 2.24) is 13.4 Å². The Kier molecular flexibility index (Phi) is 4.00. The van der Waals surface area contributed by atoms with E-state index >= 15 is 0 Å². The van der Waals surface area contributed by atoms with E-state index < -0.39 is 22.0 Å². The lowest BCUT2D eigenvalue weighted by molar-refractivity contribution is 0.350. The average Bonchev–Trinajstić information content (AvgIpc) is 2.81. The first kappa shape index (κ1) is 15.1. The molecule has 0 unspecified atom stereocenters. The lowest BCUT2D eigenvalue weighted by Gasteiger charge is -2.11. The molecule has 1 aromatic heterocycles. The zero-order chi connectivity index (χ0) is 15.6. The van der Waals surface area contributed by atoms with Crippen molar-refractivity contribution in [2.45, 2.75) is 0 Å². The SMILES string of the molecule is COc1ccc(Oc2noc(=O)n2S(=O)(=O)N(C)C)cc1. The Morgan fingerprint density at radius 3 is 2.29 bits per heavy atom. The number of methoxy groups -OCH3 is 1. The molecule has 21 heavy (non-hydrogen) atoms. The number of hydrogen-bond acceptors (Lipinski definition) is 7. The summed E-state index contributed by atoms with van der Waals surface area (Å²) in [4.78, 5) is 11.5. The molecule has 0 radical (unpaired) electrons. The van der Waals surface area contributed by atoms with Crippen LogP contribution >= 0.6 is 0 Å². The summed E-state index contributed by atoms with van der Waals surface area (Å²) < 4.78 is 39.8. The molecule has 1 heterocycles. The summed E-state index contributed by atoms with van der Waals surface area (Å²) >= 11 is 0. The maximum absolute atomic E-state index is 12.0. The third-order valence-corrected chi connectivity index (χ3v) is 4.19. The van der Waals surface area contributed by atoms with Crippen molar-refractivity contribution in [2.24, 2.45) is 0 Å². The largest absolute Gasteiger partial charge is 0.497 e. The Bertz CT molecular complexity index is 775. The van der Waals surface area contributed by atoms with Crippen molar-refractivity contribution in [3.8, 4) is 17.5 Å². The third-order valence-electron chi connectivity index (χ3n) is 2.50. The fraction of sp³-hybridized carbons (Fsp3) is 0.273. The molecule has 0 saturated heterocycles. The van der Waals surface area contributed by atoms with Crippen LogP contribution in [0.1, 0.15) is 0 Å². The van der Waals surface area contributed by atoms with Crippen molar-refractivity contribution < 1.29 is 22.4 Å². The molecule has 0 amide bonds. The summed E-state index contributed by atoms with van der Waals surface area (Å²) in [7, 11) is -0.0480. The molecule has 2 rings (SSSR count). The fourth-order valence-electron chi connectivity index (χ4n) is 1.40. The van der Waals surface area contributed by atoms with Crippen molar-refractivity contribution >= 4 is 10.2 Å². The van der Waals surface area contributed by atoms with Crippen LogP contribution < -0.4 is 15.2 Å². The maximum atomic E-state index is 12.0. The van der Waals surface area contributed by atoms with E-state index in [0.29, 0.717) is 9.72 Å². The van der Waals surface area contributed by atoms with Crippen LogP contribution in [0.25, 0.3) is 0 Å². The Morgan fingerprint density at radius 2 is 1.76 bits per heavy atom. The molecule has 1 aromatic carbocycles. The first-order chi connectivity index (χ1) is 9.86. The van der Waals surface area contributed by atoms with E-state index in [1.165, 1.54) is 33.3 Å². The zero-order valence-corrected chi connectivity index (χ0v) is 12.3. The fourth-order valence-corrected chi connectivity index (χ4v) is 2.21. The summed E-state index contributed by atoms with van der Waals surface area (Å²) in [5, 5.41) is 3.32. The van der Waals surface area contributed by atoms with Gasteiger partial charge < -0.3 is 9.47 Å². The Morgan fingerprint density at radius 1 is 1.19 bits per heavy atom. The molecule has 10 heteroatoms. The maximum Gasteiger partial charge on any atom is 0.459 e. The quantitative estimate of drug-likeness (QED) is 0.781. The molecule has 0 saturated carbocycles. The van der Waals surface area contributed by atoms with Crippen molar-refractivity contribution in [3.63, 3.8) is 0 Å². The molecule has 114 valence electrons. The van der Waals surface area contributed by atoms with E-state index in [0.717, 1.165) is 4.31 Å². The first-order valence-electron chi connectivity index (χ1n) is 5.70. The summed E-state index contributed by atoms with van der Waals surface area (Å²) in [6.07, 6.45) is 0. The first-order valence-corrected chi connectivity index (χ1v) is 7.09. The van der Waals surface area contributed by atoms with E-state index in [4.69, 9.17) is 9.47 Å². The standard InChI is InChI=1S/C11H13N3O6S/c1-13(2)21(16,17)14-10(12-20-11(14)15)19-9-6-4-8(18-3)5-7-9/h4-7H,1-3H3. The van der Waals surface area contributed by atoms with E-state index in [1.54, 1.807) is 12.1 Å².